The fourth-order valence-electron chi connectivity index (χ4n) is 2.77. The van der Waals surface area contributed by atoms with Crippen molar-refractivity contribution < 1.29 is 4.79 Å². The Balaban J connectivity index is 1.56. The molecule has 0 spiro atoms. The van der Waals surface area contributed by atoms with Crippen LogP contribution in [0.25, 0.3) is 16.7 Å². The van der Waals surface area contributed by atoms with E-state index in [0.717, 1.165) is 11.1 Å². The number of carbonyl (C=O) groups is 1. The van der Waals surface area contributed by atoms with E-state index in [1.807, 2.05) is 37.3 Å². The van der Waals surface area contributed by atoms with E-state index in [9.17, 15) is 4.79 Å². The Bertz CT molecular complexity index is 1160. The summed E-state index contributed by atoms with van der Waals surface area (Å²) in [4.78, 5) is 21.3. The highest BCUT2D eigenvalue weighted by atomic mass is 35.5. The third-order valence-corrected chi connectivity index (χ3v) is 5.67. The summed E-state index contributed by atoms with van der Waals surface area (Å²) in [6, 6.07) is 14.6. The zero-order valence-electron chi connectivity index (χ0n) is 15.2. The Morgan fingerprint density at radius 1 is 1.10 bits per heavy atom. The molecular formula is C20H15Cl2N5OS. The van der Waals surface area contributed by atoms with Crippen LogP contribution in [-0.4, -0.2) is 30.9 Å². The topological polar surface area (TPSA) is 72.7 Å². The van der Waals surface area contributed by atoms with Crippen molar-refractivity contribution in [3.63, 3.8) is 0 Å². The minimum atomic E-state index is -0.411. The van der Waals surface area contributed by atoms with Gasteiger partial charge in [0.25, 0.3) is 0 Å². The molecule has 4 aromatic rings. The molecule has 0 saturated heterocycles. The number of amides is 1. The van der Waals surface area contributed by atoms with Crippen LogP contribution in [0.3, 0.4) is 0 Å². The summed E-state index contributed by atoms with van der Waals surface area (Å²) in [6.07, 6.45) is 3.19. The number of carbonyl (C=O) groups excluding carboxylic acids is 1. The first-order valence-electron chi connectivity index (χ1n) is 8.69. The summed E-state index contributed by atoms with van der Waals surface area (Å²) in [6.45, 7) is 1.81. The van der Waals surface area contributed by atoms with Crippen LogP contribution in [0.4, 0.5) is 5.69 Å². The predicted octanol–water partition coefficient (Wildman–Crippen LogP) is 5.24. The first kappa shape index (κ1) is 19.7. The summed E-state index contributed by atoms with van der Waals surface area (Å²) in [5, 5.41) is 9.24. The van der Waals surface area contributed by atoms with Crippen LogP contribution in [-0.2, 0) is 4.79 Å². The second-order valence-corrected chi connectivity index (χ2v) is 8.42. The molecule has 2 heterocycles. The molecule has 29 heavy (non-hydrogen) atoms. The van der Waals surface area contributed by atoms with E-state index in [2.05, 4.69) is 20.4 Å². The maximum Gasteiger partial charge on any atom is 0.237 e. The Morgan fingerprint density at radius 3 is 2.55 bits per heavy atom. The third-order valence-electron chi connectivity index (χ3n) is 4.12. The number of thioether (sulfide) groups is 1. The van der Waals surface area contributed by atoms with E-state index in [1.54, 1.807) is 29.1 Å². The zero-order chi connectivity index (χ0) is 20.4. The number of rotatable bonds is 5. The average Bonchev–Trinajstić information content (AvgIpc) is 3.13. The van der Waals surface area contributed by atoms with Crippen LogP contribution in [0.15, 0.2) is 66.1 Å². The molecule has 1 amide bonds. The number of hydrogen-bond donors (Lipinski definition) is 1. The molecule has 1 unspecified atom stereocenters. The highest BCUT2D eigenvalue weighted by molar-refractivity contribution is 8.00. The van der Waals surface area contributed by atoms with E-state index < -0.39 is 5.25 Å². The summed E-state index contributed by atoms with van der Waals surface area (Å²) < 4.78 is 1.75. The lowest BCUT2D eigenvalue weighted by Crippen LogP contribution is -2.22. The van der Waals surface area contributed by atoms with Crippen LogP contribution in [0.1, 0.15) is 6.92 Å². The minimum absolute atomic E-state index is 0.185. The number of benzene rings is 2. The lowest BCUT2D eigenvalue weighted by atomic mass is 10.3. The van der Waals surface area contributed by atoms with Crippen molar-refractivity contribution in [1.29, 1.82) is 0 Å². The number of aromatic nitrogens is 4. The molecule has 1 atom stereocenters. The monoisotopic (exact) mass is 443 g/mol. The SMILES string of the molecule is CC(Sc1ncnc2c1cnn2-c1ccccc1)C(=O)Nc1cc(Cl)cc(Cl)c1. The molecule has 0 radical (unpaired) electrons. The number of nitrogens with zero attached hydrogens (tertiary/aromatic N) is 4. The van der Waals surface area contributed by atoms with Gasteiger partial charge in [-0.05, 0) is 37.3 Å². The zero-order valence-corrected chi connectivity index (χ0v) is 17.5. The molecule has 0 aliphatic rings. The van der Waals surface area contributed by atoms with Crippen molar-refractivity contribution in [3.05, 3.63) is 71.1 Å². The number of nitrogens with one attached hydrogen (secondary N) is 1. The molecular weight excluding hydrogens is 429 g/mol. The van der Waals surface area contributed by atoms with Gasteiger partial charge in [0.1, 0.15) is 11.4 Å². The Hall–Kier alpha value is -2.61. The minimum Gasteiger partial charge on any atom is -0.325 e. The number of para-hydroxylation sites is 1. The standard InChI is InChI=1S/C20H15Cl2N5OS/c1-12(19(28)26-15-8-13(21)7-14(22)9-15)29-20-17-10-25-27(18(17)23-11-24-20)16-5-3-2-4-6-16/h2-12H,1H3,(H,26,28). The van der Waals surface area contributed by atoms with Gasteiger partial charge in [-0.1, -0.05) is 53.2 Å². The quantitative estimate of drug-likeness (QED) is 0.337. The fourth-order valence-corrected chi connectivity index (χ4v) is 4.17. The van der Waals surface area contributed by atoms with Gasteiger partial charge in [0.15, 0.2) is 5.65 Å². The summed E-state index contributed by atoms with van der Waals surface area (Å²) in [5.74, 6) is -0.185. The van der Waals surface area contributed by atoms with Crippen LogP contribution in [0.2, 0.25) is 10.0 Å². The van der Waals surface area contributed by atoms with Crippen molar-refractivity contribution in [2.45, 2.75) is 17.2 Å². The van der Waals surface area contributed by atoms with Crippen molar-refractivity contribution in [2.75, 3.05) is 5.32 Å². The molecule has 6 nitrogen and oxygen atoms in total. The van der Waals surface area contributed by atoms with E-state index in [0.29, 0.717) is 26.4 Å². The maximum absolute atomic E-state index is 12.6. The van der Waals surface area contributed by atoms with Gasteiger partial charge in [-0.3, -0.25) is 4.79 Å². The lowest BCUT2D eigenvalue weighted by Gasteiger charge is -2.12. The molecule has 0 aliphatic heterocycles. The molecule has 4 rings (SSSR count). The largest absolute Gasteiger partial charge is 0.325 e. The van der Waals surface area contributed by atoms with Gasteiger partial charge in [-0.25, -0.2) is 14.6 Å². The van der Waals surface area contributed by atoms with E-state index in [-0.39, 0.29) is 5.91 Å². The number of hydrogen-bond acceptors (Lipinski definition) is 5. The van der Waals surface area contributed by atoms with Crippen molar-refractivity contribution in [1.82, 2.24) is 19.7 Å². The maximum atomic E-state index is 12.6. The third kappa shape index (κ3) is 4.37. The Labute approximate surface area is 181 Å². The number of halogens is 2. The number of fused-ring (bicyclic) bond motifs is 1. The molecule has 0 fully saturated rings. The molecule has 0 bridgehead atoms. The van der Waals surface area contributed by atoms with E-state index in [1.165, 1.54) is 18.1 Å². The average molecular weight is 444 g/mol. The molecule has 0 aliphatic carbocycles. The Morgan fingerprint density at radius 2 is 1.83 bits per heavy atom. The second kappa shape index (κ2) is 8.41. The number of anilines is 1. The van der Waals surface area contributed by atoms with Crippen LogP contribution >= 0.6 is 35.0 Å². The van der Waals surface area contributed by atoms with Crippen molar-refractivity contribution in [2.24, 2.45) is 0 Å². The summed E-state index contributed by atoms with van der Waals surface area (Å²) in [7, 11) is 0. The first-order chi connectivity index (χ1) is 14.0. The normalized spacial score (nSPS) is 12.1. The highest BCUT2D eigenvalue weighted by Crippen LogP contribution is 2.30. The van der Waals surface area contributed by atoms with E-state index >= 15 is 0 Å². The molecule has 0 saturated carbocycles. The highest BCUT2D eigenvalue weighted by Gasteiger charge is 2.19. The Kier molecular flexibility index (Phi) is 5.71. The van der Waals surface area contributed by atoms with E-state index in [4.69, 9.17) is 23.2 Å². The van der Waals surface area contributed by atoms with Gasteiger partial charge < -0.3 is 5.32 Å². The van der Waals surface area contributed by atoms with Crippen molar-refractivity contribution in [3.8, 4) is 5.69 Å². The smallest absolute Gasteiger partial charge is 0.237 e. The molecule has 2 aromatic heterocycles. The van der Waals surface area contributed by atoms with Crippen LogP contribution in [0.5, 0.6) is 0 Å². The van der Waals surface area contributed by atoms with Gasteiger partial charge in [-0.2, -0.15) is 5.10 Å². The fraction of sp³-hybridized carbons (Fsp3) is 0.100. The summed E-state index contributed by atoms with van der Waals surface area (Å²) >= 11 is 13.3. The molecule has 146 valence electrons. The van der Waals surface area contributed by atoms with Gasteiger partial charge in [0, 0.05) is 15.7 Å². The molecule has 2 aromatic carbocycles. The predicted molar refractivity (Wildman–Crippen MR) is 117 cm³/mol. The van der Waals surface area contributed by atoms with Gasteiger partial charge in [0.2, 0.25) is 5.91 Å². The first-order valence-corrected chi connectivity index (χ1v) is 10.3. The summed E-state index contributed by atoms with van der Waals surface area (Å²) in [5.41, 5.74) is 2.13. The van der Waals surface area contributed by atoms with Gasteiger partial charge in [0.05, 0.1) is 22.5 Å². The lowest BCUT2D eigenvalue weighted by molar-refractivity contribution is -0.115. The van der Waals surface area contributed by atoms with Crippen molar-refractivity contribution >= 4 is 57.6 Å². The van der Waals surface area contributed by atoms with Crippen LogP contribution in [0, 0.1) is 0 Å². The molecule has 1 N–H and O–H groups in total. The van der Waals surface area contributed by atoms with Crippen LogP contribution < -0.4 is 5.32 Å². The van der Waals surface area contributed by atoms with Gasteiger partial charge >= 0.3 is 0 Å². The second-order valence-electron chi connectivity index (χ2n) is 6.22. The van der Waals surface area contributed by atoms with Gasteiger partial charge in [-0.15, -0.1) is 0 Å². The molecule has 9 heteroatoms.